The molecule has 20 heavy (non-hydrogen) atoms. The molecular formula is C15H19FN4. The second kappa shape index (κ2) is 6.84. The molecule has 2 rings (SSSR count). The highest BCUT2D eigenvalue weighted by molar-refractivity contribution is 5.42. The van der Waals surface area contributed by atoms with Gasteiger partial charge in [0.2, 0.25) is 5.95 Å². The van der Waals surface area contributed by atoms with Gasteiger partial charge in [-0.15, -0.1) is 0 Å². The van der Waals surface area contributed by atoms with Gasteiger partial charge in [0.05, 0.1) is 6.20 Å². The van der Waals surface area contributed by atoms with Gasteiger partial charge >= 0.3 is 0 Å². The average Bonchev–Trinajstić information content (AvgIpc) is 2.44. The number of benzene rings is 1. The smallest absolute Gasteiger partial charge is 0.224 e. The maximum atomic E-state index is 13.7. The molecule has 0 spiro atoms. The van der Waals surface area contributed by atoms with Crippen LogP contribution in [0.1, 0.15) is 19.4 Å². The molecule has 0 amide bonds. The Hall–Kier alpha value is -2.17. The Morgan fingerprint density at radius 3 is 2.70 bits per heavy atom. The fraction of sp³-hybridized carbons (Fsp3) is 0.333. The topological polar surface area (TPSA) is 49.8 Å². The highest BCUT2D eigenvalue weighted by Crippen LogP contribution is 2.14. The van der Waals surface area contributed by atoms with E-state index in [1.54, 1.807) is 0 Å². The Morgan fingerprint density at radius 1 is 1.25 bits per heavy atom. The van der Waals surface area contributed by atoms with Crippen LogP contribution < -0.4 is 10.6 Å². The van der Waals surface area contributed by atoms with Crippen molar-refractivity contribution in [1.82, 2.24) is 9.97 Å². The SMILES string of the molecule is CCNc1ncc(F)c(NC(C)Cc2ccccc2)n1. The highest BCUT2D eigenvalue weighted by Gasteiger charge is 2.10. The van der Waals surface area contributed by atoms with Gasteiger partial charge in [-0.3, -0.25) is 0 Å². The maximum absolute atomic E-state index is 13.7. The van der Waals surface area contributed by atoms with Crippen molar-refractivity contribution in [2.24, 2.45) is 0 Å². The van der Waals surface area contributed by atoms with Crippen molar-refractivity contribution in [3.63, 3.8) is 0 Å². The normalized spacial score (nSPS) is 11.9. The quantitative estimate of drug-likeness (QED) is 0.850. The summed E-state index contributed by atoms with van der Waals surface area (Å²) < 4.78 is 13.7. The molecule has 4 nitrogen and oxygen atoms in total. The van der Waals surface area contributed by atoms with E-state index in [0.717, 1.165) is 6.42 Å². The van der Waals surface area contributed by atoms with Gasteiger partial charge in [-0.05, 0) is 25.8 Å². The molecule has 2 N–H and O–H groups in total. The van der Waals surface area contributed by atoms with Crippen LogP contribution in [0.25, 0.3) is 0 Å². The van der Waals surface area contributed by atoms with E-state index in [-0.39, 0.29) is 11.9 Å². The maximum Gasteiger partial charge on any atom is 0.224 e. The largest absolute Gasteiger partial charge is 0.365 e. The highest BCUT2D eigenvalue weighted by atomic mass is 19.1. The van der Waals surface area contributed by atoms with E-state index in [1.165, 1.54) is 11.8 Å². The summed E-state index contributed by atoms with van der Waals surface area (Å²) in [4.78, 5) is 8.02. The van der Waals surface area contributed by atoms with E-state index in [1.807, 2.05) is 32.0 Å². The summed E-state index contributed by atoms with van der Waals surface area (Å²) in [6, 6.07) is 10.2. The van der Waals surface area contributed by atoms with Gasteiger partial charge in [0.25, 0.3) is 0 Å². The third kappa shape index (κ3) is 3.91. The van der Waals surface area contributed by atoms with E-state index in [9.17, 15) is 4.39 Å². The minimum Gasteiger partial charge on any atom is -0.365 e. The zero-order valence-corrected chi connectivity index (χ0v) is 11.7. The second-order valence-electron chi connectivity index (χ2n) is 4.66. The molecule has 0 fully saturated rings. The number of aromatic nitrogens is 2. The molecule has 0 bridgehead atoms. The van der Waals surface area contributed by atoms with Crippen LogP contribution >= 0.6 is 0 Å². The summed E-state index contributed by atoms with van der Waals surface area (Å²) in [5.74, 6) is 0.231. The molecule has 0 aliphatic rings. The first-order valence-electron chi connectivity index (χ1n) is 6.76. The molecule has 0 aliphatic carbocycles. The average molecular weight is 274 g/mol. The first kappa shape index (κ1) is 14.2. The van der Waals surface area contributed by atoms with Gasteiger partial charge in [0.1, 0.15) is 0 Å². The Balaban J connectivity index is 2.03. The molecule has 1 unspecified atom stereocenters. The standard InChI is InChI=1S/C15H19FN4/c1-3-17-15-18-10-13(16)14(20-15)19-11(2)9-12-7-5-4-6-8-12/h4-8,10-11H,3,9H2,1-2H3,(H2,17,18,19,20). The molecule has 1 aromatic heterocycles. The number of hydrogen-bond donors (Lipinski definition) is 2. The molecule has 0 aliphatic heterocycles. The predicted octanol–water partition coefficient (Wildman–Crippen LogP) is 3.09. The van der Waals surface area contributed by atoms with Crippen molar-refractivity contribution < 1.29 is 4.39 Å². The molecule has 1 atom stereocenters. The first-order valence-corrected chi connectivity index (χ1v) is 6.76. The Labute approximate surface area is 118 Å². The summed E-state index contributed by atoms with van der Waals surface area (Å²) in [6.07, 6.45) is 1.99. The molecule has 5 heteroatoms. The van der Waals surface area contributed by atoms with E-state index in [4.69, 9.17) is 0 Å². The zero-order valence-electron chi connectivity index (χ0n) is 11.7. The van der Waals surface area contributed by atoms with Crippen molar-refractivity contribution in [3.8, 4) is 0 Å². The fourth-order valence-corrected chi connectivity index (χ4v) is 1.96. The van der Waals surface area contributed by atoms with E-state index < -0.39 is 5.82 Å². The third-order valence-corrected chi connectivity index (χ3v) is 2.85. The summed E-state index contributed by atoms with van der Waals surface area (Å²) >= 11 is 0. The minimum absolute atomic E-state index is 0.0799. The van der Waals surface area contributed by atoms with Crippen LogP contribution in [0.4, 0.5) is 16.2 Å². The third-order valence-electron chi connectivity index (χ3n) is 2.85. The molecule has 1 heterocycles. The van der Waals surface area contributed by atoms with Gasteiger partial charge in [0, 0.05) is 12.6 Å². The van der Waals surface area contributed by atoms with Crippen LogP contribution in [0, 0.1) is 5.82 Å². The molecule has 2 aromatic rings. The number of rotatable bonds is 6. The van der Waals surface area contributed by atoms with Crippen LogP contribution in [0.3, 0.4) is 0 Å². The van der Waals surface area contributed by atoms with Gasteiger partial charge in [-0.1, -0.05) is 30.3 Å². The Morgan fingerprint density at radius 2 is 2.00 bits per heavy atom. The Kier molecular flexibility index (Phi) is 4.87. The summed E-state index contributed by atoms with van der Waals surface area (Å²) in [7, 11) is 0. The number of nitrogens with zero attached hydrogens (tertiary/aromatic N) is 2. The van der Waals surface area contributed by atoms with Crippen LogP contribution in [-0.2, 0) is 6.42 Å². The van der Waals surface area contributed by atoms with Crippen LogP contribution in [-0.4, -0.2) is 22.6 Å². The Bertz CT molecular complexity index is 545. The zero-order chi connectivity index (χ0) is 14.4. The van der Waals surface area contributed by atoms with E-state index in [0.29, 0.717) is 12.5 Å². The van der Waals surface area contributed by atoms with Crippen LogP contribution in [0.15, 0.2) is 36.5 Å². The summed E-state index contributed by atoms with van der Waals surface area (Å²) in [6.45, 7) is 4.64. The minimum atomic E-state index is -0.438. The fourth-order valence-electron chi connectivity index (χ4n) is 1.96. The van der Waals surface area contributed by atoms with Gasteiger partial charge in [-0.2, -0.15) is 4.98 Å². The summed E-state index contributed by atoms with van der Waals surface area (Å²) in [5.41, 5.74) is 1.20. The lowest BCUT2D eigenvalue weighted by Crippen LogP contribution is -2.20. The van der Waals surface area contributed by atoms with E-state index >= 15 is 0 Å². The first-order chi connectivity index (χ1) is 9.69. The number of nitrogens with one attached hydrogen (secondary N) is 2. The van der Waals surface area contributed by atoms with Crippen LogP contribution in [0.5, 0.6) is 0 Å². The van der Waals surface area contributed by atoms with Crippen molar-refractivity contribution in [3.05, 3.63) is 47.9 Å². The van der Waals surface area contributed by atoms with Gasteiger partial charge < -0.3 is 10.6 Å². The molecule has 0 saturated heterocycles. The lowest BCUT2D eigenvalue weighted by molar-refractivity contribution is 0.612. The number of hydrogen-bond acceptors (Lipinski definition) is 4. The van der Waals surface area contributed by atoms with Crippen molar-refractivity contribution in [2.45, 2.75) is 26.3 Å². The lowest BCUT2D eigenvalue weighted by atomic mass is 10.1. The van der Waals surface area contributed by atoms with Crippen molar-refractivity contribution >= 4 is 11.8 Å². The number of halogens is 1. The van der Waals surface area contributed by atoms with Gasteiger partial charge in [-0.25, -0.2) is 9.37 Å². The molecule has 106 valence electrons. The monoisotopic (exact) mass is 274 g/mol. The van der Waals surface area contributed by atoms with Crippen molar-refractivity contribution in [1.29, 1.82) is 0 Å². The molecular weight excluding hydrogens is 255 g/mol. The summed E-state index contributed by atoms with van der Waals surface area (Å²) in [5, 5.41) is 6.06. The van der Waals surface area contributed by atoms with Crippen molar-refractivity contribution in [2.75, 3.05) is 17.2 Å². The lowest BCUT2D eigenvalue weighted by Gasteiger charge is -2.15. The predicted molar refractivity (Wildman–Crippen MR) is 79.4 cm³/mol. The molecule has 1 aromatic carbocycles. The van der Waals surface area contributed by atoms with E-state index in [2.05, 4.69) is 32.7 Å². The second-order valence-corrected chi connectivity index (χ2v) is 4.66. The molecule has 0 saturated carbocycles. The number of anilines is 2. The molecule has 0 radical (unpaired) electrons. The van der Waals surface area contributed by atoms with Crippen LogP contribution in [0.2, 0.25) is 0 Å². The van der Waals surface area contributed by atoms with Gasteiger partial charge in [0.15, 0.2) is 11.6 Å².